The molecule has 0 saturated heterocycles. The maximum Gasteiger partial charge on any atom is 0 e. The van der Waals surface area contributed by atoms with Crippen LogP contribution in [0.25, 0.3) is 0 Å². The summed E-state index contributed by atoms with van der Waals surface area (Å²) in [4.78, 5) is 9.82. The molecule has 3 heteroatoms. The molecule has 2 radical (unpaired) electrons. The second-order valence-electron chi connectivity index (χ2n) is 0.0722. The zero-order valence-electron chi connectivity index (χ0n) is 1.97. The van der Waals surface area contributed by atoms with Crippen molar-refractivity contribution in [3.05, 3.63) is 0 Å². The Balaban J connectivity index is 0. The van der Waals surface area contributed by atoms with Gasteiger partial charge in [-0.1, -0.05) is 0 Å². The van der Waals surface area contributed by atoms with Crippen molar-refractivity contribution < 1.29 is 20.4 Å². The van der Waals surface area contributed by atoms with Crippen LogP contribution in [0.3, 0.4) is 0 Å². The minimum Gasteiger partial charge on any atom is 0 e. The van der Waals surface area contributed by atoms with Gasteiger partial charge in [0.05, 0.1) is 0 Å². The first-order valence-electron chi connectivity index (χ1n) is 0.381. The van der Waals surface area contributed by atoms with Crippen LogP contribution < -0.4 is 0 Å². The van der Waals surface area contributed by atoms with Gasteiger partial charge in [0, 0.05) is 48.9 Å². The summed E-state index contributed by atoms with van der Waals surface area (Å²) in [6.45, 7) is 0. The monoisotopic (exact) mass is 222 g/mol. The first-order chi connectivity index (χ1) is 1.41. The van der Waals surface area contributed by atoms with Crippen LogP contribution in [-0.2, 0) is 20.4 Å². The summed E-state index contributed by atoms with van der Waals surface area (Å²) >= 11 is 2.68. The fraction of sp³-hybridized carbons (Fsp3) is 0. The SMILES string of the molecule is O=[C]=[Fe].[Ba]. The van der Waals surface area contributed by atoms with Crippen molar-refractivity contribution in [2.75, 3.05) is 0 Å². The summed E-state index contributed by atoms with van der Waals surface area (Å²) in [6.07, 6.45) is 0. The standard InChI is InChI=1S/CO.Ba.Fe/c1-2;;. The van der Waals surface area contributed by atoms with Gasteiger partial charge in [-0.15, -0.1) is 0 Å². The molecule has 4 heavy (non-hydrogen) atoms. The Hall–Kier alpha value is 1.67. The van der Waals surface area contributed by atoms with Gasteiger partial charge in [-0.05, 0) is 0 Å². The van der Waals surface area contributed by atoms with Crippen molar-refractivity contribution in [3.63, 3.8) is 0 Å². The summed E-state index contributed by atoms with van der Waals surface area (Å²) in [6, 6.07) is 0. The van der Waals surface area contributed by atoms with Crippen LogP contribution in [0.2, 0.25) is 0 Å². The Bertz CT molecular complexity index is 29.0. The van der Waals surface area contributed by atoms with Crippen molar-refractivity contribution in [3.8, 4) is 0 Å². The molecule has 0 aromatic heterocycles. The molecule has 0 atom stereocenters. The van der Waals surface area contributed by atoms with Gasteiger partial charge in [-0.2, -0.15) is 0 Å². The molecule has 0 unspecified atom stereocenters. The van der Waals surface area contributed by atoms with Crippen LogP contribution in [0.15, 0.2) is 0 Å². The van der Waals surface area contributed by atoms with Gasteiger partial charge >= 0.3 is 25.2 Å². The molecular weight excluding hydrogens is 221 g/mol. The fourth-order valence-corrected chi connectivity index (χ4v) is 0. The Morgan fingerprint density at radius 2 is 1.75 bits per heavy atom. The van der Waals surface area contributed by atoms with Crippen LogP contribution in [-0.4, -0.2) is 53.7 Å². The molecule has 0 heterocycles. The summed E-state index contributed by atoms with van der Waals surface area (Å²) < 4.78 is 0. The molecule has 0 rings (SSSR count). The smallest absolute Gasteiger partial charge is 0 e. The van der Waals surface area contributed by atoms with Crippen molar-refractivity contribution in [1.82, 2.24) is 0 Å². The van der Waals surface area contributed by atoms with E-state index < -0.39 is 0 Å². The quantitative estimate of drug-likeness (QED) is 0.490. The van der Waals surface area contributed by atoms with Crippen molar-refractivity contribution >= 4 is 53.7 Å². The number of hydrogen-bond donors (Lipinski definition) is 0. The maximum absolute atomic E-state index is 8.57. The third kappa shape index (κ3) is 9.38. The van der Waals surface area contributed by atoms with Crippen LogP contribution >= 0.6 is 0 Å². The van der Waals surface area contributed by atoms with Gasteiger partial charge in [-0.25, -0.2) is 0 Å². The summed E-state index contributed by atoms with van der Waals surface area (Å²) in [5, 5.41) is 0. The third-order valence-electron chi connectivity index (χ3n) is 0. The second-order valence-corrected chi connectivity index (χ2v) is 0.298. The van der Waals surface area contributed by atoms with E-state index in [1.165, 1.54) is 4.79 Å². The normalized spacial score (nSPS) is 2.25. The van der Waals surface area contributed by atoms with Gasteiger partial charge < -0.3 is 0 Å². The van der Waals surface area contributed by atoms with E-state index in [0.717, 1.165) is 0 Å². The average molecular weight is 221 g/mol. The van der Waals surface area contributed by atoms with Gasteiger partial charge in [0.1, 0.15) is 0 Å². The Morgan fingerprint density at radius 1 is 1.75 bits per heavy atom. The third-order valence-corrected chi connectivity index (χ3v) is 0. The van der Waals surface area contributed by atoms with Gasteiger partial charge in [0.15, 0.2) is 0 Å². The molecule has 1 nitrogen and oxygen atoms in total. The van der Waals surface area contributed by atoms with E-state index in [1.807, 2.05) is 0 Å². The molecule has 0 amide bonds. The predicted molar refractivity (Wildman–Crippen MR) is 11.4 cm³/mol. The molecule has 0 aromatic rings. The molecule has 0 fully saturated rings. The van der Waals surface area contributed by atoms with Crippen LogP contribution in [0.5, 0.6) is 0 Å². The molecule has 0 N–H and O–H groups in total. The predicted octanol–water partition coefficient (Wildman–Crippen LogP) is -0.780. The van der Waals surface area contributed by atoms with Crippen LogP contribution in [0.1, 0.15) is 0 Å². The van der Waals surface area contributed by atoms with Crippen LogP contribution in [0.4, 0.5) is 0 Å². The van der Waals surface area contributed by atoms with Gasteiger partial charge in [0.25, 0.3) is 0 Å². The Labute approximate surface area is 72.6 Å². The van der Waals surface area contributed by atoms with E-state index in [4.69, 9.17) is 4.79 Å². The molecule has 0 aliphatic rings. The van der Waals surface area contributed by atoms with E-state index in [2.05, 4.69) is 15.6 Å². The average Bonchev–Trinajstić information content (AvgIpc) is 0.918. The first kappa shape index (κ1) is 9.18. The summed E-state index contributed by atoms with van der Waals surface area (Å²) in [5.74, 6) is 0. The minimum atomic E-state index is 0. The van der Waals surface area contributed by atoms with Crippen molar-refractivity contribution in [1.29, 1.82) is 0 Å². The Morgan fingerprint density at radius 3 is 1.75 bits per heavy atom. The van der Waals surface area contributed by atoms with Crippen molar-refractivity contribution in [2.24, 2.45) is 0 Å². The summed E-state index contributed by atoms with van der Waals surface area (Å²) in [7, 11) is 0. The molecular formula is CBaFeO. The fourth-order valence-electron chi connectivity index (χ4n) is 0. The molecule has 0 saturated carbocycles. The molecule has 0 bridgehead atoms. The molecule has 0 aliphatic heterocycles. The largest absolute Gasteiger partial charge is 0 e. The number of rotatable bonds is 0. The van der Waals surface area contributed by atoms with E-state index in [9.17, 15) is 0 Å². The zero-order valence-corrected chi connectivity index (χ0v) is 7.51. The van der Waals surface area contributed by atoms with E-state index >= 15 is 0 Å². The molecule has 0 spiro atoms. The second kappa shape index (κ2) is 8.82. The molecule has 0 aliphatic carbocycles. The first-order valence-corrected chi connectivity index (χ1v) is 0.933. The van der Waals surface area contributed by atoms with Gasteiger partial charge in [0.2, 0.25) is 0 Å². The summed E-state index contributed by atoms with van der Waals surface area (Å²) in [5.41, 5.74) is 0. The number of carbonyl (C=O) groups excluding carboxylic acids is 1. The van der Waals surface area contributed by atoms with Gasteiger partial charge in [-0.3, -0.25) is 0 Å². The number of hydrogen-bond acceptors (Lipinski definition) is 1. The van der Waals surface area contributed by atoms with E-state index in [-0.39, 0.29) is 48.9 Å². The molecule has 0 aromatic carbocycles. The zero-order chi connectivity index (χ0) is 2.71. The molecule has 20 valence electrons. The van der Waals surface area contributed by atoms with Crippen molar-refractivity contribution in [2.45, 2.75) is 0 Å². The Kier molecular flexibility index (Phi) is 20.3. The topological polar surface area (TPSA) is 17.1 Å². The minimum absolute atomic E-state index is 0. The van der Waals surface area contributed by atoms with E-state index in [0.29, 0.717) is 0 Å². The van der Waals surface area contributed by atoms with Crippen LogP contribution in [0, 0.1) is 0 Å². The van der Waals surface area contributed by atoms with E-state index in [1.54, 1.807) is 0 Å². The maximum atomic E-state index is 8.57.